The van der Waals surface area contributed by atoms with Gasteiger partial charge in [0.25, 0.3) is 5.91 Å². The van der Waals surface area contributed by atoms with Gasteiger partial charge in [-0.05, 0) is 93.4 Å². The molecule has 0 unspecified atom stereocenters. The lowest BCUT2D eigenvalue weighted by molar-refractivity contribution is -0.147. The van der Waals surface area contributed by atoms with Crippen molar-refractivity contribution in [2.24, 2.45) is 5.41 Å². The van der Waals surface area contributed by atoms with E-state index in [2.05, 4.69) is 50.6 Å². The third kappa shape index (κ3) is 2.90. The number of carbonyl (C=O) groups is 1. The zero-order chi connectivity index (χ0) is 24.7. The fourth-order valence-corrected chi connectivity index (χ4v) is 7.78. The lowest BCUT2D eigenvalue weighted by Gasteiger charge is -2.65. The number of likely N-dealkylation sites (tertiary alicyclic amines) is 1. The molecule has 182 valence electrons. The van der Waals surface area contributed by atoms with Crippen molar-refractivity contribution < 1.29 is 14.6 Å². The van der Waals surface area contributed by atoms with Gasteiger partial charge in [0.15, 0.2) is 11.5 Å². The van der Waals surface area contributed by atoms with Crippen molar-refractivity contribution in [3.05, 3.63) is 58.1 Å². The monoisotopic (exact) mass is 470 g/mol. The molecular weight excluding hydrogens is 436 g/mol. The Morgan fingerprint density at radius 2 is 2.00 bits per heavy atom. The van der Waals surface area contributed by atoms with Crippen LogP contribution in [0.15, 0.2) is 30.3 Å². The Morgan fingerprint density at radius 1 is 1.20 bits per heavy atom. The zero-order valence-corrected chi connectivity index (χ0v) is 21.3. The molecule has 6 rings (SSSR count). The van der Waals surface area contributed by atoms with E-state index in [-0.39, 0.29) is 34.6 Å². The SMILES string of the molecule is Cc1ccc(C#CC(=O)N(C)[C@H]2CC[C@@]3(C)[C@H]4Cc5ccc(O)c6c5[C@@]3(CCN4C)[C@H]2O6)cc1C. The summed E-state index contributed by atoms with van der Waals surface area (Å²) in [5, 5.41) is 10.8. The molecule has 1 spiro atoms. The van der Waals surface area contributed by atoms with E-state index in [4.69, 9.17) is 4.74 Å². The summed E-state index contributed by atoms with van der Waals surface area (Å²) >= 11 is 0. The average molecular weight is 471 g/mol. The number of hydrogen-bond acceptors (Lipinski definition) is 4. The third-order valence-corrected chi connectivity index (χ3v) is 9.91. The molecule has 2 aromatic rings. The quantitative estimate of drug-likeness (QED) is 0.642. The summed E-state index contributed by atoms with van der Waals surface area (Å²) in [5.74, 6) is 6.64. The van der Waals surface area contributed by atoms with Gasteiger partial charge in [-0.15, -0.1) is 0 Å². The van der Waals surface area contributed by atoms with Crippen molar-refractivity contribution >= 4 is 5.91 Å². The highest BCUT2D eigenvalue weighted by atomic mass is 16.5. The van der Waals surface area contributed by atoms with E-state index in [1.807, 2.05) is 25.2 Å². The first-order valence-corrected chi connectivity index (χ1v) is 12.8. The van der Waals surface area contributed by atoms with Crippen LogP contribution < -0.4 is 4.74 Å². The number of amides is 1. The van der Waals surface area contributed by atoms with Crippen molar-refractivity contribution in [2.45, 2.75) is 70.1 Å². The molecule has 1 saturated carbocycles. The maximum atomic E-state index is 13.3. The smallest absolute Gasteiger partial charge is 0.298 e. The third-order valence-electron chi connectivity index (χ3n) is 9.91. The molecule has 2 aliphatic heterocycles. The van der Waals surface area contributed by atoms with E-state index in [9.17, 15) is 9.90 Å². The maximum Gasteiger partial charge on any atom is 0.298 e. The summed E-state index contributed by atoms with van der Waals surface area (Å²) in [6, 6.07) is 10.2. The molecule has 0 aromatic heterocycles. The number of ether oxygens (including phenoxy) is 1. The number of carbonyl (C=O) groups excluding carboxylic acids is 1. The van der Waals surface area contributed by atoms with E-state index >= 15 is 0 Å². The van der Waals surface area contributed by atoms with Gasteiger partial charge in [0.05, 0.1) is 6.04 Å². The number of benzene rings is 2. The first-order chi connectivity index (χ1) is 16.7. The van der Waals surface area contributed by atoms with E-state index in [0.717, 1.165) is 37.8 Å². The van der Waals surface area contributed by atoms with Crippen LogP contribution in [0.3, 0.4) is 0 Å². The molecule has 0 radical (unpaired) electrons. The van der Waals surface area contributed by atoms with Crippen LogP contribution in [0, 0.1) is 31.1 Å². The standard InChI is InChI=1S/C30H34N2O3/c1-18-6-7-20(16-19(18)2)8-11-25(34)32(5)22-12-13-29(3)24-17-21-9-10-23(33)27-26(21)30(29,28(22)35-27)14-15-31(24)4/h6-7,9-10,16,22,24,28,33H,12-15,17H2,1-5H3/t22-,24+,28-,29-,30-/m0/s1. The molecule has 1 amide bonds. The molecule has 5 heteroatoms. The molecule has 4 aliphatic rings. The second kappa shape index (κ2) is 7.51. The predicted molar refractivity (Wildman–Crippen MR) is 136 cm³/mol. The van der Waals surface area contributed by atoms with Crippen LogP contribution in [0.1, 0.15) is 54.0 Å². The Morgan fingerprint density at radius 3 is 2.77 bits per heavy atom. The minimum Gasteiger partial charge on any atom is -0.504 e. The van der Waals surface area contributed by atoms with Crippen LogP contribution in [-0.4, -0.2) is 59.6 Å². The lowest BCUT2D eigenvalue weighted by Crippen LogP contribution is -2.73. The summed E-state index contributed by atoms with van der Waals surface area (Å²) in [7, 11) is 4.10. The maximum absolute atomic E-state index is 13.3. The lowest BCUT2D eigenvalue weighted by atomic mass is 9.43. The topological polar surface area (TPSA) is 53.0 Å². The Labute approximate surface area is 208 Å². The van der Waals surface area contributed by atoms with Crippen molar-refractivity contribution in [3.8, 4) is 23.3 Å². The molecule has 2 heterocycles. The number of phenolic OH excluding ortho intramolecular Hbond substituents is 1. The van der Waals surface area contributed by atoms with Crippen molar-refractivity contribution in [2.75, 3.05) is 20.6 Å². The molecular formula is C30H34N2O3. The number of likely N-dealkylation sites (N-methyl/N-ethyl adjacent to an activating group) is 2. The summed E-state index contributed by atoms with van der Waals surface area (Å²) < 4.78 is 6.67. The Hall–Kier alpha value is -2.97. The van der Waals surface area contributed by atoms with Gasteiger partial charge < -0.3 is 19.6 Å². The second-order valence-corrected chi connectivity index (χ2v) is 11.4. The number of piperidine rings is 1. The molecule has 2 aromatic carbocycles. The molecule has 1 saturated heterocycles. The number of hydrogen-bond donors (Lipinski definition) is 1. The van der Waals surface area contributed by atoms with Crippen LogP contribution in [0.5, 0.6) is 11.5 Å². The molecule has 1 N–H and O–H groups in total. The van der Waals surface area contributed by atoms with Gasteiger partial charge in [0.1, 0.15) is 6.10 Å². The van der Waals surface area contributed by atoms with Gasteiger partial charge in [-0.25, -0.2) is 0 Å². The first kappa shape index (κ1) is 22.5. The van der Waals surface area contributed by atoms with E-state index < -0.39 is 0 Å². The first-order valence-electron chi connectivity index (χ1n) is 12.8. The minimum absolute atomic E-state index is 0.0300. The van der Waals surface area contributed by atoms with E-state index in [1.54, 1.807) is 11.0 Å². The molecule has 35 heavy (non-hydrogen) atoms. The minimum atomic E-state index is -0.204. The van der Waals surface area contributed by atoms with Crippen molar-refractivity contribution in [1.82, 2.24) is 9.80 Å². The van der Waals surface area contributed by atoms with Crippen molar-refractivity contribution in [3.63, 3.8) is 0 Å². The van der Waals surface area contributed by atoms with Gasteiger partial charge in [-0.1, -0.05) is 25.0 Å². The van der Waals surface area contributed by atoms with Crippen molar-refractivity contribution in [1.29, 1.82) is 0 Å². The zero-order valence-electron chi connectivity index (χ0n) is 21.3. The molecule has 2 aliphatic carbocycles. The van der Waals surface area contributed by atoms with Crippen LogP contribution in [0.2, 0.25) is 0 Å². The Balaban J connectivity index is 1.38. The highest BCUT2D eigenvalue weighted by Crippen LogP contribution is 2.69. The van der Waals surface area contributed by atoms with Crippen LogP contribution in [-0.2, 0) is 16.6 Å². The highest BCUT2D eigenvalue weighted by molar-refractivity contribution is 5.94. The normalized spacial score (nSPS) is 32.2. The van der Waals surface area contributed by atoms with Gasteiger partial charge in [-0.3, -0.25) is 4.79 Å². The number of rotatable bonds is 1. The number of aromatic hydroxyl groups is 1. The second-order valence-electron chi connectivity index (χ2n) is 11.4. The van der Waals surface area contributed by atoms with Crippen LogP contribution in [0.25, 0.3) is 0 Å². The number of nitrogens with zero attached hydrogens (tertiary/aromatic N) is 2. The largest absolute Gasteiger partial charge is 0.504 e. The fraction of sp³-hybridized carbons (Fsp3) is 0.500. The summed E-state index contributed by atoms with van der Waals surface area (Å²) in [6.45, 7) is 7.54. The summed E-state index contributed by atoms with van der Waals surface area (Å²) in [5.41, 5.74) is 5.57. The Kier molecular flexibility index (Phi) is 4.83. The average Bonchev–Trinajstić information content (AvgIpc) is 3.19. The van der Waals surface area contributed by atoms with Gasteiger partial charge in [0.2, 0.25) is 0 Å². The molecule has 2 bridgehead atoms. The van der Waals surface area contributed by atoms with Gasteiger partial charge in [-0.2, -0.15) is 0 Å². The van der Waals surface area contributed by atoms with Gasteiger partial charge >= 0.3 is 0 Å². The van der Waals surface area contributed by atoms with E-state index in [1.165, 1.54) is 22.3 Å². The van der Waals surface area contributed by atoms with Gasteiger partial charge in [0, 0.05) is 35.6 Å². The molecule has 2 fully saturated rings. The van der Waals surface area contributed by atoms with Crippen LogP contribution >= 0.6 is 0 Å². The summed E-state index contributed by atoms with van der Waals surface area (Å²) in [6.07, 6.45) is 3.65. The van der Waals surface area contributed by atoms with Crippen LogP contribution in [0.4, 0.5) is 0 Å². The summed E-state index contributed by atoms with van der Waals surface area (Å²) in [4.78, 5) is 17.6. The molecule has 5 nitrogen and oxygen atoms in total. The van der Waals surface area contributed by atoms with E-state index in [0.29, 0.717) is 11.8 Å². The highest BCUT2D eigenvalue weighted by Gasteiger charge is 2.71. The number of aryl methyl sites for hydroxylation is 2. The fourth-order valence-electron chi connectivity index (χ4n) is 7.78. The predicted octanol–water partition coefficient (Wildman–Crippen LogP) is 3.95. The molecule has 5 atom stereocenters. The number of phenols is 1. The Bertz CT molecular complexity index is 1310.